The third kappa shape index (κ3) is 5.96. The van der Waals surface area contributed by atoms with Crippen LogP contribution in [0.1, 0.15) is 60.0 Å². The van der Waals surface area contributed by atoms with E-state index < -0.39 is 5.97 Å². The number of esters is 1. The summed E-state index contributed by atoms with van der Waals surface area (Å²) >= 11 is 0. The third-order valence-corrected chi connectivity index (χ3v) is 6.10. The fourth-order valence-corrected chi connectivity index (χ4v) is 4.12. The summed E-state index contributed by atoms with van der Waals surface area (Å²) in [7, 11) is 0. The first-order chi connectivity index (χ1) is 18.4. The van der Waals surface area contributed by atoms with Gasteiger partial charge in [-0.25, -0.2) is 14.8 Å². The minimum absolute atomic E-state index is 0.0705. The smallest absolute Gasteiger partial charge is 0.347 e. The number of hydrogen-bond donors (Lipinski definition) is 2. The zero-order chi connectivity index (χ0) is 27.1. The minimum Gasteiger partial charge on any atom is -0.504 e. The van der Waals surface area contributed by atoms with Crippen molar-refractivity contribution in [1.29, 1.82) is 0 Å². The van der Waals surface area contributed by atoms with Gasteiger partial charge in [0.15, 0.2) is 22.9 Å². The van der Waals surface area contributed by atoms with Gasteiger partial charge in [-0.2, -0.15) is 0 Å². The minimum atomic E-state index is -0.684. The van der Waals surface area contributed by atoms with Crippen LogP contribution in [0.4, 0.5) is 17.4 Å². The van der Waals surface area contributed by atoms with Crippen LogP contribution < -0.4 is 5.32 Å². The molecule has 2 N–H and O–H groups in total. The molecule has 3 aromatic rings. The maximum absolute atomic E-state index is 12.7. The Kier molecular flexibility index (Phi) is 8.62. The Morgan fingerprint density at radius 2 is 2.11 bits per heavy atom. The molecule has 0 radical (unpaired) electrons. The van der Waals surface area contributed by atoms with Gasteiger partial charge in [-0.05, 0) is 75.3 Å². The van der Waals surface area contributed by atoms with Crippen molar-refractivity contribution in [3.05, 3.63) is 64.5 Å². The number of allylic oxidation sites excluding steroid dienone is 1. The zero-order valence-corrected chi connectivity index (χ0v) is 22.2. The molecule has 196 valence electrons. The number of aryl methyl sites for hydroxylation is 1. The Morgan fingerprint density at radius 3 is 2.84 bits per heavy atom. The van der Waals surface area contributed by atoms with Crippen molar-refractivity contribution in [3.63, 3.8) is 0 Å². The molecular weight excluding hydrogens is 480 g/mol. The molecule has 1 aliphatic rings. The predicted molar refractivity (Wildman–Crippen MR) is 150 cm³/mol. The molecule has 1 aromatic carbocycles. The fraction of sp³-hybridized carbons (Fsp3) is 0.300. The molecule has 0 unspecified atom stereocenters. The number of furan rings is 1. The van der Waals surface area contributed by atoms with Gasteiger partial charge in [0.2, 0.25) is 5.88 Å². The summed E-state index contributed by atoms with van der Waals surface area (Å²) in [5.41, 5.74) is 3.96. The lowest BCUT2D eigenvalue weighted by atomic mass is 10.1. The second-order valence-electron chi connectivity index (χ2n) is 8.80. The van der Waals surface area contributed by atoms with Gasteiger partial charge in [-0.3, -0.25) is 4.90 Å². The molecule has 0 atom stereocenters. The summed E-state index contributed by atoms with van der Waals surface area (Å²) < 4.78 is 11.1. The first-order valence-corrected chi connectivity index (χ1v) is 12.8. The van der Waals surface area contributed by atoms with Crippen molar-refractivity contribution < 1.29 is 19.1 Å². The number of ether oxygens (including phenoxy) is 1. The molecule has 1 aliphatic heterocycles. The number of nitrogens with zero attached hydrogens (tertiary/aromatic N) is 3. The molecule has 8 heteroatoms. The van der Waals surface area contributed by atoms with Gasteiger partial charge in [0.05, 0.1) is 13.2 Å². The molecule has 0 saturated carbocycles. The van der Waals surface area contributed by atoms with Gasteiger partial charge in [0.25, 0.3) is 0 Å². The van der Waals surface area contributed by atoms with Gasteiger partial charge in [0.1, 0.15) is 0 Å². The SMILES string of the molecule is CCCN(CC)CC#Cc1ccc(Nc2oc(C=C3C=Nc4ncccc43)c(O)c2C(=O)OCC)c(C)c1. The lowest BCUT2D eigenvalue weighted by Crippen LogP contribution is -2.24. The Bertz CT molecular complexity index is 1440. The Labute approximate surface area is 223 Å². The quantitative estimate of drug-likeness (QED) is 0.270. The molecule has 0 fully saturated rings. The summed E-state index contributed by atoms with van der Waals surface area (Å²) in [6.07, 6.45) is 6.03. The number of carbonyl (C=O) groups is 1. The fourth-order valence-electron chi connectivity index (χ4n) is 4.12. The standard InChI is InChI=1S/C30H32N4O4/c1-5-15-34(6-2)16-9-10-21-12-13-24(20(4)17-21)33-29-26(30(36)37-7-3)27(35)25(38-29)18-22-19-32-28-23(22)11-8-14-31-28/h8,11-14,17-19,33,35H,5-7,15-16H2,1-4H3. The lowest BCUT2D eigenvalue weighted by Gasteiger charge is -2.15. The van der Waals surface area contributed by atoms with E-state index in [9.17, 15) is 9.90 Å². The molecule has 0 amide bonds. The average molecular weight is 513 g/mol. The molecule has 0 bridgehead atoms. The van der Waals surface area contributed by atoms with Crippen LogP contribution >= 0.6 is 0 Å². The van der Waals surface area contributed by atoms with Crippen molar-refractivity contribution in [3.8, 4) is 17.6 Å². The van der Waals surface area contributed by atoms with Gasteiger partial charge in [0, 0.05) is 34.8 Å². The second-order valence-corrected chi connectivity index (χ2v) is 8.80. The second kappa shape index (κ2) is 12.3. The number of aromatic hydroxyl groups is 1. The normalized spacial score (nSPS) is 12.9. The zero-order valence-electron chi connectivity index (χ0n) is 22.2. The van der Waals surface area contributed by atoms with Crippen LogP contribution in [-0.2, 0) is 4.74 Å². The van der Waals surface area contributed by atoms with Crippen molar-refractivity contribution in [2.75, 3.05) is 31.6 Å². The van der Waals surface area contributed by atoms with E-state index in [0.717, 1.165) is 42.7 Å². The number of anilines is 2. The summed E-state index contributed by atoms with van der Waals surface area (Å²) in [6.45, 7) is 10.8. The largest absolute Gasteiger partial charge is 0.504 e. The van der Waals surface area contributed by atoms with Crippen LogP contribution in [0.5, 0.6) is 5.75 Å². The van der Waals surface area contributed by atoms with Crippen molar-refractivity contribution >= 4 is 41.2 Å². The van der Waals surface area contributed by atoms with E-state index in [-0.39, 0.29) is 29.6 Å². The highest BCUT2D eigenvalue weighted by Gasteiger charge is 2.27. The maximum atomic E-state index is 12.7. The number of aromatic nitrogens is 1. The molecule has 2 aromatic heterocycles. The number of pyridine rings is 1. The van der Waals surface area contributed by atoms with Crippen LogP contribution in [0.15, 0.2) is 45.9 Å². The van der Waals surface area contributed by atoms with E-state index in [2.05, 4.69) is 45.9 Å². The van der Waals surface area contributed by atoms with Gasteiger partial charge in [-0.1, -0.05) is 25.7 Å². The summed E-state index contributed by atoms with van der Waals surface area (Å²) in [4.78, 5) is 23.6. The first-order valence-electron chi connectivity index (χ1n) is 12.8. The molecule has 8 nitrogen and oxygen atoms in total. The van der Waals surface area contributed by atoms with E-state index in [1.54, 1.807) is 25.4 Å². The number of fused-ring (bicyclic) bond motifs is 1. The monoisotopic (exact) mass is 512 g/mol. The maximum Gasteiger partial charge on any atom is 0.347 e. The van der Waals surface area contributed by atoms with Gasteiger partial charge in [-0.15, -0.1) is 0 Å². The van der Waals surface area contributed by atoms with E-state index >= 15 is 0 Å². The van der Waals surface area contributed by atoms with E-state index in [4.69, 9.17) is 9.15 Å². The molecular formula is C30H32N4O4. The number of nitrogens with one attached hydrogen (secondary N) is 1. The van der Waals surface area contributed by atoms with Crippen LogP contribution in [0.3, 0.4) is 0 Å². The van der Waals surface area contributed by atoms with Crippen molar-refractivity contribution in [2.24, 2.45) is 4.99 Å². The van der Waals surface area contributed by atoms with E-state index in [1.165, 1.54) is 0 Å². The van der Waals surface area contributed by atoms with Crippen LogP contribution in [0.25, 0.3) is 11.6 Å². The number of benzene rings is 1. The van der Waals surface area contributed by atoms with Crippen LogP contribution in [0.2, 0.25) is 0 Å². The van der Waals surface area contributed by atoms with E-state index in [0.29, 0.717) is 17.1 Å². The third-order valence-electron chi connectivity index (χ3n) is 6.10. The molecule has 4 rings (SSSR count). The number of hydrogen-bond acceptors (Lipinski definition) is 8. The topological polar surface area (TPSA) is 100 Å². The van der Waals surface area contributed by atoms with Crippen LogP contribution in [0, 0.1) is 18.8 Å². The average Bonchev–Trinajstić information content (AvgIpc) is 3.45. The Hall–Kier alpha value is -4.35. The molecule has 0 saturated heterocycles. The summed E-state index contributed by atoms with van der Waals surface area (Å²) in [6, 6.07) is 9.44. The number of aliphatic imine (C=N–C) groups is 1. The molecule has 0 spiro atoms. The van der Waals surface area contributed by atoms with Gasteiger partial charge >= 0.3 is 5.97 Å². The van der Waals surface area contributed by atoms with Crippen molar-refractivity contribution in [1.82, 2.24) is 9.88 Å². The number of rotatable bonds is 9. The van der Waals surface area contributed by atoms with E-state index in [1.807, 2.05) is 37.3 Å². The molecule has 3 heterocycles. The molecule has 0 aliphatic carbocycles. The van der Waals surface area contributed by atoms with Gasteiger partial charge < -0.3 is 19.6 Å². The number of carbonyl (C=O) groups excluding carboxylic acids is 1. The molecule has 38 heavy (non-hydrogen) atoms. The first kappa shape index (κ1) is 26.7. The highest BCUT2D eigenvalue weighted by atomic mass is 16.5. The lowest BCUT2D eigenvalue weighted by molar-refractivity contribution is 0.0524. The summed E-state index contributed by atoms with van der Waals surface area (Å²) in [5, 5.41) is 14.1. The highest BCUT2D eigenvalue weighted by Crippen LogP contribution is 2.39. The summed E-state index contributed by atoms with van der Waals surface area (Å²) in [5.74, 6) is 6.27. The highest BCUT2D eigenvalue weighted by molar-refractivity contribution is 6.21. The van der Waals surface area contributed by atoms with Crippen molar-refractivity contribution in [2.45, 2.75) is 34.1 Å². The predicted octanol–water partition coefficient (Wildman–Crippen LogP) is 5.95. The van der Waals surface area contributed by atoms with Crippen LogP contribution in [-0.4, -0.2) is 53.4 Å². The Morgan fingerprint density at radius 1 is 1.26 bits per heavy atom. The Balaban J connectivity index is 1.62.